The maximum Gasteiger partial charge on any atom is 0.275 e. The van der Waals surface area contributed by atoms with Gasteiger partial charge in [-0.2, -0.15) is 9.61 Å². The van der Waals surface area contributed by atoms with E-state index in [1.807, 2.05) is 36.4 Å². The van der Waals surface area contributed by atoms with Crippen molar-refractivity contribution in [2.75, 3.05) is 5.32 Å². The fourth-order valence-electron chi connectivity index (χ4n) is 2.65. The number of benzene rings is 1. The maximum atomic E-state index is 12.5. The summed E-state index contributed by atoms with van der Waals surface area (Å²) in [5, 5.41) is 7.77. The number of para-hydroxylation sites is 1. The number of rotatable bonds is 4. The molecule has 0 aliphatic heterocycles. The number of hydrogen-bond acceptors (Lipinski definition) is 6. The van der Waals surface area contributed by atoms with Crippen LogP contribution in [0.1, 0.15) is 18.2 Å². The highest BCUT2D eigenvalue weighted by molar-refractivity contribution is 7.19. The monoisotopic (exact) mass is 389 g/mol. The molecule has 0 unspecified atom stereocenters. The smallest absolute Gasteiger partial charge is 0.275 e. The van der Waals surface area contributed by atoms with Crippen LogP contribution in [0, 0.1) is 0 Å². The number of carbonyl (C=O) groups is 1. The highest BCUT2D eigenvalue weighted by Crippen LogP contribution is 2.30. The lowest BCUT2D eigenvalue weighted by atomic mass is 10.2. The first kappa shape index (κ1) is 17.7. The molecule has 0 aliphatic carbocycles. The Morgan fingerprint density at radius 2 is 2.04 bits per heavy atom. The summed E-state index contributed by atoms with van der Waals surface area (Å²) in [6, 6.07) is 12.5. The molecule has 0 spiro atoms. The SMILES string of the molecule is CC(=O)Nc1ccccc1-c1nn2c(=O)cc(/C=C/c3cccnc3)nc2s1. The topological polar surface area (TPSA) is 89.3 Å². The van der Waals surface area contributed by atoms with E-state index in [2.05, 4.69) is 20.4 Å². The number of amides is 1. The molecule has 0 saturated heterocycles. The summed E-state index contributed by atoms with van der Waals surface area (Å²) >= 11 is 1.28. The van der Waals surface area contributed by atoms with Crippen LogP contribution in [0.5, 0.6) is 0 Å². The van der Waals surface area contributed by atoms with Gasteiger partial charge in [-0.15, -0.1) is 0 Å². The lowest BCUT2D eigenvalue weighted by molar-refractivity contribution is -0.114. The minimum Gasteiger partial charge on any atom is -0.326 e. The highest BCUT2D eigenvalue weighted by atomic mass is 32.1. The summed E-state index contributed by atoms with van der Waals surface area (Å²) < 4.78 is 1.27. The second kappa shape index (κ2) is 7.53. The Morgan fingerprint density at radius 3 is 2.82 bits per heavy atom. The Labute approximate surface area is 164 Å². The van der Waals surface area contributed by atoms with Crippen molar-refractivity contribution in [1.82, 2.24) is 19.6 Å². The van der Waals surface area contributed by atoms with Crippen molar-refractivity contribution in [3.05, 3.63) is 76.5 Å². The Bertz CT molecular complexity index is 1240. The summed E-state index contributed by atoms with van der Waals surface area (Å²) in [5.41, 5.74) is 2.56. The van der Waals surface area contributed by atoms with Gasteiger partial charge in [-0.25, -0.2) is 4.98 Å². The van der Waals surface area contributed by atoms with Gasteiger partial charge in [0.05, 0.1) is 11.4 Å². The molecule has 4 aromatic rings. The number of aromatic nitrogens is 4. The van der Waals surface area contributed by atoms with Gasteiger partial charge in [0.15, 0.2) is 0 Å². The summed E-state index contributed by atoms with van der Waals surface area (Å²) in [7, 11) is 0. The predicted molar refractivity (Wildman–Crippen MR) is 110 cm³/mol. The molecular weight excluding hydrogens is 374 g/mol. The Balaban J connectivity index is 1.74. The van der Waals surface area contributed by atoms with Crippen molar-refractivity contribution in [2.45, 2.75) is 6.92 Å². The average Bonchev–Trinajstić information content (AvgIpc) is 3.12. The molecule has 3 aromatic heterocycles. The number of anilines is 1. The van der Waals surface area contributed by atoms with E-state index in [4.69, 9.17) is 0 Å². The van der Waals surface area contributed by atoms with Crippen LogP contribution in [0.25, 0.3) is 27.7 Å². The van der Waals surface area contributed by atoms with Gasteiger partial charge in [0.1, 0.15) is 5.01 Å². The zero-order chi connectivity index (χ0) is 19.5. The van der Waals surface area contributed by atoms with Crippen LogP contribution in [0.2, 0.25) is 0 Å². The first-order valence-electron chi connectivity index (χ1n) is 8.46. The maximum absolute atomic E-state index is 12.5. The predicted octanol–water partition coefficient (Wildman–Crippen LogP) is 3.34. The molecule has 0 fully saturated rings. The standard InChI is InChI=1S/C20H15N5O2S/c1-13(26)22-17-7-3-2-6-16(17)19-24-25-18(27)11-15(23-20(25)28-19)9-8-14-5-4-10-21-12-14/h2-12H,1H3,(H,22,26)/b9-8+. The third-order valence-electron chi connectivity index (χ3n) is 3.86. The number of nitrogens with zero attached hydrogens (tertiary/aromatic N) is 4. The minimum absolute atomic E-state index is 0.174. The number of nitrogens with one attached hydrogen (secondary N) is 1. The molecule has 28 heavy (non-hydrogen) atoms. The molecule has 7 nitrogen and oxygen atoms in total. The molecule has 1 N–H and O–H groups in total. The van der Waals surface area contributed by atoms with Crippen LogP contribution in [0.15, 0.2) is 59.7 Å². The third kappa shape index (κ3) is 3.72. The van der Waals surface area contributed by atoms with Crippen molar-refractivity contribution in [1.29, 1.82) is 0 Å². The molecule has 0 saturated carbocycles. The van der Waals surface area contributed by atoms with Gasteiger partial charge in [0, 0.05) is 30.9 Å². The quantitative estimate of drug-likeness (QED) is 0.578. The molecule has 4 rings (SSSR count). The second-order valence-electron chi connectivity index (χ2n) is 5.97. The first-order valence-corrected chi connectivity index (χ1v) is 9.28. The van der Waals surface area contributed by atoms with Crippen molar-refractivity contribution < 1.29 is 4.79 Å². The Kier molecular flexibility index (Phi) is 4.77. The van der Waals surface area contributed by atoms with Crippen molar-refractivity contribution >= 4 is 40.0 Å². The molecule has 8 heteroatoms. The van der Waals surface area contributed by atoms with Gasteiger partial charge in [0.2, 0.25) is 10.9 Å². The van der Waals surface area contributed by atoms with E-state index < -0.39 is 0 Å². The molecule has 0 atom stereocenters. The molecule has 3 heterocycles. The van der Waals surface area contributed by atoms with E-state index in [0.29, 0.717) is 21.3 Å². The molecule has 0 radical (unpaired) electrons. The van der Waals surface area contributed by atoms with Crippen LogP contribution in [0.4, 0.5) is 5.69 Å². The van der Waals surface area contributed by atoms with E-state index in [-0.39, 0.29) is 11.5 Å². The van der Waals surface area contributed by atoms with Crippen molar-refractivity contribution in [2.24, 2.45) is 0 Å². The van der Waals surface area contributed by atoms with E-state index >= 15 is 0 Å². The van der Waals surface area contributed by atoms with Gasteiger partial charge in [-0.3, -0.25) is 14.6 Å². The van der Waals surface area contributed by atoms with Crippen LogP contribution >= 0.6 is 11.3 Å². The third-order valence-corrected chi connectivity index (χ3v) is 4.81. The molecular formula is C20H15N5O2S. The van der Waals surface area contributed by atoms with Gasteiger partial charge in [-0.1, -0.05) is 35.6 Å². The number of carbonyl (C=O) groups excluding carboxylic acids is 1. The van der Waals surface area contributed by atoms with E-state index in [0.717, 1.165) is 11.1 Å². The van der Waals surface area contributed by atoms with Gasteiger partial charge >= 0.3 is 0 Å². The number of fused-ring (bicyclic) bond motifs is 1. The van der Waals surface area contributed by atoms with Crippen molar-refractivity contribution in [3.63, 3.8) is 0 Å². The van der Waals surface area contributed by atoms with Crippen LogP contribution in [-0.2, 0) is 4.79 Å². The molecule has 1 aromatic carbocycles. The zero-order valence-electron chi connectivity index (χ0n) is 14.9. The Hall–Kier alpha value is -3.65. The second-order valence-corrected chi connectivity index (χ2v) is 6.92. The lowest BCUT2D eigenvalue weighted by Crippen LogP contribution is -2.14. The largest absolute Gasteiger partial charge is 0.326 e. The van der Waals surface area contributed by atoms with Gasteiger partial charge in [0.25, 0.3) is 5.56 Å². The molecule has 0 bridgehead atoms. The summed E-state index contributed by atoms with van der Waals surface area (Å²) in [6.45, 7) is 1.45. The highest BCUT2D eigenvalue weighted by Gasteiger charge is 2.13. The van der Waals surface area contributed by atoms with Crippen LogP contribution in [0.3, 0.4) is 0 Å². The van der Waals surface area contributed by atoms with E-state index in [1.165, 1.54) is 28.8 Å². The van der Waals surface area contributed by atoms with Gasteiger partial charge < -0.3 is 5.32 Å². The fourth-order valence-corrected chi connectivity index (χ4v) is 3.60. The van der Waals surface area contributed by atoms with E-state index in [9.17, 15) is 9.59 Å². The number of hydrogen-bond donors (Lipinski definition) is 1. The fraction of sp³-hybridized carbons (Fsp3) is 0.0500. The van der Waals surface area contributed by atoms with Crippen molar-refractivity contribution in [3.8, 4) is 10.6 Å². The first-order chi connectivity index (χ1) is 13.6. The van der Waals surface area contributed by atoms with Crippen LogP contribution < -0.4 is 10.9 Å². The number of pyridine rings is 1. The zero-order valence-corrected chi connectivity index (χ0v) is 15.7. The summed E-state index contributed by atoms with van der Waals surface area (Å²) in [6.07, 6.45) is 7.04. The Morgan fingerprint density at radius 1 is 1.18 bits per heavy atom. The average molecular weight is 389 g/mol. The minimum atomic E-state index is -0.268. The molecule has 138 valence electrons. The molecule has 0 aliphatic rings. The van der Waals surface area contributed by atoms with E-state index in [1.54, 1.807) is 24.5 Å². The molecule has 1 amide bonds. The summed E-state index contributed by atoms with van der Waals surface area (Å²) in [4.78, 5) is 33.0. The van der Waals surface area contributed by atoms with Crippen LogP contribution in [-0.4, -0.2) is 25.5 Å². The normalized spacial score (nSPS) is 11.2. The summed E-state index contributed by atoms with van der Waals surface area (Å²) in [5.74, 6) is -0.174. The van der Waals surface area contributed by atoms with Gasteiger partial charge in [-0.05, 0) is 29.8 Å². The lowest BCUT2D eigenvalue weighted by Gasteiger charge is -2.06.